The molecule has 1 aliphatic heterocycles. The summed E-state index contributed by atoms with van der Waals surface area (Å²) in [6.45, 7) is 8.65. The van der Waals surface area contributed by atoms with Gasteiger partial charge in [-0.2, -0.15) is 0 Å². The van der Waals surface area contributed by atoms with Gasteiger partial charge in [-0.25, -0.2) is 5.84 Å². The lowest BCUT2D eigenvalue weighted by Gasteiger charge is -2.40. The molecular weight excluding hydrogens is 242 g/mol. The lowest BCUT2D eigenvalue weighted by Crippen LogP contribution is -2.45. The number of rotatable bonds is 3. The van der Waals surface area contributed by atoms with Gasteiger partial charge in [0.2, 0.25) is 0 Å². The van der Waals surface area contributed by atoms with Gasteiger partial charge in [-0.1, -0.05) is 13.8 Å². The van der Waals surface area contributed by atoms with E-state index in [1.165, 1.54) is 12.7 Å². The summed E-state index contributed by atoms with van der Waals surface area (Å²) in [6.07, 6.45) is 2.73. The molecule has 19 heavy (non-hydrogen) atoms. The van der Waals surface area contributed by atoms with Gasteiger partial charge in [0.15, 0.2) is 0 Å². The number of nitrogens with one attached hydrogen (secondary N) is 1. The Morgan fingerprint density at radius 3 is 2.95 bits per heavy atom. The number of nitrogens with two attached hydrogens (primary N) is 1. The molecule has 3 N–H and O–H groups in total. The van der Waals surface area contributed by atoms with Gasteiger partial charge in [0.1, 0.15) is 12.0 Å². The average Bonchev–Trinajstić information content (AvgIpc) is 2.83. The zero-order valence-corrected chi connectivity index (χ0v) is 11.8. The molecule has 3 unspecified atom stereocenters. The maximum absolute atomic E-state index is 11.4. The van der Waals surface area contributed by atoms with Crippen LogP contribution in [0.1, 0.15) is 43.3 Å². The van der Waals surface area contributed by atoms with Crippen molar-refractivity contribution in [2.24, 2.45) is 17.7 Å². The number of hydrogen-bond donors (Lipinski definition) is 2. The minimum Gasteiger partial charge on any atom is -0.467 e. The number of carbonyl (C=O) groups excluding carboxylic acids is 1. The zero-order valence-electron chi connectivity index (χ0n) is 11.8. The monoisotopic (exact) mass is 265 g/mol. The maximum Gasteiger partial charge on any atom is 0.268 e. The first-order valence-corrected chi connectivity index (χ1v) is 6.83. The smallest absolute Gasteiger partial charge is 0.268 e. The molecule has 3 atom stereocenters. The number of nitrogens with zero attached hydrogens (tertiary/aromatic N) is 1. The van der Waals surface area contributed by atoms with Crippen LogP contribution in [-0.2, 0) is 6.54 Å². The summed E-state index contributed by atoms with van der Waals surface area (Å²) in [5, 5.41) is 0. The van der Waals surface area contributed by atoms with Gasteiger partial charge in [-0.05, 0) is 31.2 Å². The molecule has 5 heteroatoms. The molecule has 5 nitrogen and oxygen atoms in total. The van der Waals surface area contributed by atoms with E-state index in [1.54, 1.807) is 6.07 Å². The van der Waals surface area contributed by atoms with Crippen LogP contribution in [0.3, 0.4) is 0 Å². The third-order valence-corrected chi connectivity index (χ3v) is 4.13. The average molecular weight is 265 g/mol. The molecule has 0 bridgehead atoms. The zero-order chi connectivity index (χ0) is 14.0. The SMILES string of the molecule is CC1CC(C)C(C)N(Cc2cc(C(=O)NN)co2)C1. The second-order valence-corrected chi connectivity index (χ2v) is 5.76. The van der Waals surface area contributed by atoms with E-state index in [0.29, 0.717) is 23.4 Å². The van der Waals surface area contributed by atoms with Crippen LogP contribution in [0.15, 0.2) is 16.7 Å². The number of hydrazine groups is 1. The van der Waals surface area contributed by atoms with Crippen molar-refractivity contribution in [1.29, 1.82) is 0 Å². The van der Waals surface area contributed by atoms with Crippen molar-refractivity contribution in [3.8, 4) is 0 Å². The lowest BCUT2D eigenvalue weighted by atomic mass is 9.86. The van der Waals surface area contributed by atoms with Gasteiger partial charge >= 0.3 is 0 Å². The van der Waals surface area contributed by atoms with Gasteiger partial charge in [-0.15, -0.1) is 0 Å². The first kappa shape index (κ1) is 14.1. The number of likely N-dealkylation sites (tertiary alicyclic amines) is 1. The Hall–Kier alpha value is -1.33. The summed E-state index contributed by atoms with van der Waals surface area (Å²) in [4.78, 5) is 13.8. The Morgan fingerprint density at radius 1 is 1.53 bits per heavy atom. The van der Waals surface area contributed by atoms with Crippen LogP contribution < -0.4 is 11.3 Å². The van der Waals surface area contributed by atoms with Gasteiger partial charge in [0.25, 0.3) is 5.91 Å². The first-order valence-electron chi connectivity index (χ1n) is 6.83. The molecular formula is C14H23N3O2. The fourth-order valence-corrected chi connectivity index (χ4v) is 2.91. The van der Waals surface area contributed by atoms with Crippen LogP contribution in [0.4, 0.5) is 0 Å². The summed E-state index contributed by atoms with van der Waals surface area (Å²) in [5.41, 5.74) is 2.58. The number of carbonyl (C=O) groups is 1. The van der Waals surface area contributed by atoms with E-state index >= 15 is 0 Å². The molecule has 0 saturated carbocycles. The predicted molar refractivity (Wildman–Crippen MR) is 73.2 cm³/mol. The first-order chi connectivity index (χ1) is 9.01. The maximum atomic E-state index is 11.4. The summed E-state index contributed by atoms with van der Waals surface area (Å²) in [6, 6.07) is 2.30. The molecule has 1 amide bonds. The number of piperidine rings is 1. The molecule has 1 aliphatic rings. The van der Waals surface area contributed by atoms with E-state index in [9.17, 15) is 4.79 Å². The Labute approximate surface area is 114 Å². The highest BCUT2D eigenvalue weighted by Crippen LogP contribution is 2.28. The van der Waals surface area contributed by atoms with Crippen LogP contribution >= 0.6 is 0 Å². The molecule has 1 saturated heterocycles. The Kier molecular flexibility index (Phi) is 4.27. The van der Waals surface area contributed by atoms with Crippen molar-refractivity contribution in [1.82, 2.24) is 10.3 Å². The van der Waals surface area contributed by atoms with Crippen LogP contribution in [0.25, 0.3) is 0 Å². The molecule has 1 aromatic rings. The quantitative estimate of drug-likeness (QED) is 0.496. The molecule has 106 valence electrons. The Morgan fingerprint density at radius 2 is 2.26 bits per heavy atom. The van der Waals surface area contributed by atoms with E-state index in [-0.39, 0.29) is 5.91 Å². The fraction of sp³-hybridized carbons (Fsp3) is 0.643. The third kappa shape index (κ3) is 3.16. The third-order valence-electron chi connectivity index (χ3n) is 4.13. The largest absolute Gasteiger partial charge is 0.467 e. The minimum atomic E-state index is -0.316. The molecule has 2 rings (SSSR count). The molecule has 0 radical (unpaired) electrons. The highest BCUT2D eigenvalue weighted by Gasteiger charge is 2.29. The molecule has 0 spiro atoms. The van der Waals surface area contributed by atoms with Crippen molar-refractivity contribution in [3.63, 3.8) is 0 Å². The van der Waals surface area contributed by atoms with E-state index in [0.717, 1.165) is 18.8 Å². The van der Waals surface area contributed by atoms with Crippen molar-refractivity contribution < 1.29 is 9.21 Å². The molecule has 2 heterocycles. The summed E-state index contributed by atoms with van der Waals surface area (Å²) in [5.74, 6) is 6.99. The molecule has 0 aromatic carbocycles. The second kappa shape index (κ2) is 5.75. The van der Waals surface area contributed by atoms with E-state index in [4.69, 9.17) is 10.3 Å². The second-order valence-electron chi connectivity index (χ2n) is 5.76. The van der Waals surface area contributed by atoms with Crippen LogP contribution in [0.5, 0.6) is 0 Å². The lowest BCUT2D eigenvalue weighted by molar-refractivity contribution is 0.0668. The molecule has 0 aliphatic carbocycles. The fourth-order valence-electron chi connectivity index (χ4n) is 2.91. The van der Waals surface area contributed by atoms with Crippen LogP contribution in [0.2, 0.25) is 0 Å². The van der Waals surface area contributed by atoms with Crippen LogP contribution in [0, 0.1) is 11.8 Å². The molecule has 1 fully saturated rings. The summed E-state index contributed by atoms with van der Waals surface area (Å²) >= 11 is 0. The Balaban J connectivity index is 2.03. The van der Waals surface area contributed by atoms with Crippen LogP contribution in [-0.4, -0.2) is 23.4 Å². The van der Waals surface area contributed by atoms with Crippen molar-refractivity contribution in [2.45, 2.75) is 39.8 Å². The van der Waals surface area contributed by atoms with Crippen molar-refractivity contribution in [2.75, 3.05) is 6.54 Å². The number of furan rings is 1. The highest BCUT2D eigenvalue weighted by atomic mass is 16.3. The molecule has 1 aromatic heterocycles. The topological polar surface area (TPSA) is 71.5 Å². The van der Waals surface area contributed by atoms with E-state index in [1.807, 2.05) is 0 Å². The summed E-state index contributed by atoms with van der Waals surface area (Å²) in [7, 11) is 0. The van der Waals surface area contributed by atoms with Gasteiger partial charge in [0.05, 0.1) is 12.1 Å². The highest BCUT2D eigenvalue weighted by molar-refractivity contribution is 5.93. The van der Waals surface area contributed by atoms with Gasteiger partial charge in [0, 0.05) is 12.6 Å². The standard InChI is InChI=1S/C14H23N3O2/c1-9-4-10(2)11(3)17(6-9)7-13-5-12(8-19-13)14(18)16-15/h5,8-11H,4,6-7,15H2,1-3H3,(H,16,18). The van der Waals surface area contributed by atoms with Gasteiger partial charge < -0.3 is 4.42 Å². The normalized spacial score (nSPS) is 28.3. The minimum absolute atomic E-state index is 0.316. The van der Waals surface area contributed by atoms with Gasteiger partial charge in [-0.3, -0.25) is 15.1 Å². The summed E-state index contributed by atoms with van der Waals surface area (Å²) < 4.78 is 5.45. The number of nitrogen functional groups attached to an aromatic ring is 1. The van der Waals surface area contributed by atoms with E-state index in [2.05, 4.69) is 31.1 Å². The van der Waals surface area contributed by atoms with Crippen molar-refractivity contribution >= 4 is 5.91 Å². The Bertz CT molecular complexity index is 444. The van der Waals surface area contributed by atoms with Crippen molar-refractivity contribution in [3.05, 3.63) is 23.7 Å². The predicted octanol–water partition coefficient (Wildman–Crippen LogP) is 1.75. The van der Waals surface area contributed by atoms with E-state index < -0.39 is 0 Å². The number of hydrogen-bond acceptors (Lipinski definition) is 4. The number of amides is 1.